The number of nitro groups is 1. The SMILES string of the molecule is O=C(c1ccccc1)c1c(N=Nc2ccc([N+](=O)[O-])cc2)c(O)n2c1[nH]c1cccc3cccc2c31. The lowest BCUT2D eigenvalue weighted by Gasteiger charge is -2.10. The van der Waals surface area contributed by atoms with Crippen LogP contribution in [0.3, 0.4) is 0 Å². The summed E-state index contributed by atoms with van der Waals surface area (Å²) in [7, 11) is 0. The molecule has 0 aliphatic rings. The average molecular weight is 475 g/mol. The molecule has 0 atom stereocenters. The molecule has 0 bridgehead atoms. The van der Waals surface area contributed by atoms with E-state index in [0.29, 0.717) is 22.4 Å². The number of rotatable bonds is 5. The van der Waals surface area contributed by atoms with Crippen molar-refractivity contribution in [1.29, 1.82) is 0 Å². The van der Waals surface area contributed by atoms with E-state index in [1.54, 1.807) is 28.7 Å². The topological polar surface area (TPSA) is 125 Å². The molecule has 0 unspecified atom stereocenters. The Morgan fingerprint density at radius 1 is 0.889 bits per heavy atom. The molecule has 0 radical (unpaired) electrons. The van der Waals surface area contributed by atoms with Crippen molar-refractivity contribution >= 4 is 50.3 Å². The van der Waals surface area contributed by atoms with Crippen molar-refractivity contribution < 1.29 is 14.8 Å². The Hall–Kier alpha value is -5.31. The molecular formula is C27H17N5O4. The highest BCUT2D eigenvalue weighted by molar-refractivity contribution is 6.18. The second-order valence-corrected chi connectivity index (χ2v) is 8.21. The Labute approximate surface area is 203 Å². The molecule has 6 rings (SSSR count). The van der Waals surface area contributed by atoms with Crippen LogP contribution in [0.25, 0.3) is 27.5 Å². The lowest BCUT2D eigenvalue weighted by Crippen LogP contribution is -2.03. The fraction of sp³-hybridized carbons (Fsp3) is 0. The number of carbonyl (C=O) groups is 1. The number of H-pyrrole nitrogens is 1. The maximum atomic E-state index is 13.7. The third-order valence-electron chi connectivity index (χ3n) is 6.09. The number of aromatic nitrogens is 2. The second-order valence-electron chi connectivity index (χ2n) is 8.21. The normalized spacial score (nSPS) is 11.7. The summed E-state index contributed by atoms with van der Waals surface area (Å²) >= 11 is 0. The predicted octanol–water partition coefficient (Wildman–Crippen LogP) is 6.83. The molecule has 0 fully saturated rings. The van der Waals surface area contributed by atoms with Crippen LogP contribution in [0.2, 0.25) is 0 Å². The summed E-state index contributed by atoms with van der Waals surface area (Å²) in [6, 6.07) is 25.8. The van der Waals surface area contributed by atoms with Gasteiger partial charge in [0, 0.05) is 28.6 Å². The minimum atomic E-state index is -0.505. The van der Waals surface area contributed by atoms with Crippen molar-refractivity contribution in [2.75, 3.05) is 0 Å². The van der Waals surface area contributed by atoms with Gasteiger partial charge in [-0.3, -0.25) is 19.3 Å². The number of non-ortho nitro benzene ring substituents is 1. The third-order valence-corrected chi connectivity index (χ3v) is 6.09. The lowest BCUT2D eigenvalue weighted by atomic mass is 10.0. The molecular weight excluding hydrogens is 458 g/mol. The molecule has 6 aromatic rings. The minimum absolute atomic E-state index is 0.00508. The van der Waals surface area contributed by atoms with Crippen LogP contribution in [0.1, 0.15) is 15.9 Å². The van der Waals surface area contributed by atoms with E-state index in [9.17, 15) is 20.0 Å². The van der Waals surface area contributed by atoms with Gasteiger partial charge in [0.15, 0.2) is 11.5 Å². The van der Waals surface area contributed by atoms with Crippen molar-refractivity contribution in [2.45, 2.75) is 0 Å². The Bertz CT molecular complexity index is 1830. The van der Waals surface area contributed by atoms with Gasteiger partial charge in [0.25, 0.3) is 5.69 Å². The van der Waals surface area contributed by atoms with E-state index in [-0.39, 0.29) is 28.6 Å². The summed E-state index contributed by atoms with van der Waals surface area (Å²) in [6.45, 7) is 0. The molecule has 174 valence electrons. The number of nitrogens with zero attached hydrogens (tertiary/aromatic N) is 4. The summed E-state index contributed by atoms with van der Waals surface area (Å²) < 4.78 is 1.57. The Kier molecular flexibility index (Phi) is 4.82. The number of benzene rings is 4. The Morgan fingerprint density at radius 2 is 1.61 bits per heavy atom. The molecule has 0 aliphatic carbocycles. The van der Waals surface area contributed by atoms with E-state index < -0.39 is 4.92 Å². The number of hydrogen-bond donors (Lipinski definition) is 2. The van der Waals surface area contributed by atoms with Crippen LogP contribution < -0.4 is 0 Å². The number of fused-ring (bicyclic) bond motifs is 2. The maximum absolute atomic E-state index is 13.7. The fourth-order valence-electron chi connectivity index (χ4n) is 4.43. The number of ketones is 1. The van der Waals surface area contributed by atoms with Gasteiger partial charge in [-0.25, -0.2) is 0 Å². The molecule has 36 heavy (non-hydrogen) atoms. The van der Waals surface area contributed by atoms with Gasteiger partial charge in [0.2, 0.25) is 5.88 Å². The van der Waals surface area contributed by atoms with Gasteiger partial charge in [-0.1, -0.05) is 54.6 Å². The molecule has 9 heteroatoms. The van der Waals surface area contributed by atoms with Crippen LogP contribution in [-0.4, -0.2) is 25.2 Å². The predicted molar refractivity (Wildman–Crippen MR) is 136 cm³/mol. The van der Waals surface area contributed by atoms with Gasteiger partial charge in [-0.2, -0.15) is 5.11 Å². The third kappa shape index (κ3) is 3.30. The van der Waals surface area contributed by atoms with Crippen molar-refractivity contribution in [3.8, 4) is 5.88 Å². The number of azo groups is 1. The number of carbonyl (C=O) groups excluding carboxylic acids is 1. The number of nitro benzene ring substituents is 1. The van der Waals surface area contributed by atoms with Crippen molar-refractivity contribution in [3.63, 3.8) is 0 Å². The first-order valence-electron chi connectivity index (χ1n) is 11.1. The van der Waals surface area contributed by atoms with E-state index in [2.05, 4.69) is 15.2 Å². The summed E-state index contributed by atoms with van der Waals surface area (Å²) in [5.74, 6) is -0.583. The largest absolute Gasteiger partial charge is 0.493 e. The molecule has 0 amide bonds. The van der Waals surface area contributed by atoms with Crippen LogP contribution in [0.4, 0.5) is 17.1 Å². The van der Waals surface area contributed by atoms with Crippen LogP contribution in [-0.2, 0) is 0 Å². The summed E-state index contributed by atoms with van der Waals surface area (Å²) in [5, 5.41) is 32.6. The molecule has 2 N–H and O–H groups in total. The molecule has 0 spiro atoms. The first-order chi connectivity index (χ1) is 17.5. The minimum Gasteiger partial charge on any atom is -0.493 e. The zero-order valence-corrected chi connectivity index (χ0v) is 18.6. The quantitative estimate of drug-likeness (QED) is 0.123. The zero-order valence-electron chi connectivity index (χ0n) is 18.6. The first kappa shape index (κ1) is 21.2. The highest BCUT2D eigenvalue weighted by Gasteiger charge is 2.27. The van der Waals surface area contributed by atoms with Gasteiger partial charge in [-0.15, -0.1) is 5.11 Å². The van der Waals surface area contributed by atoms with Crippen LogP contribution >= 0.6 is 0 Å². The first-order valence-corrected chi connectivity index (χ1v) is 11.1. The van der Waals surface area contributed by atoms with Crippen LogP contribution in [0.5, 0.6) is 5.88 Å². The van der Waals surface area contributed by atoms with E-state index in [4.69, 9.17) is 0 Å². The molecule has 9 nitrogen and oxygen atoms in total. The van der Waals surface area contributed by atoms with E-state index >= 15 is 0 Å². The van der Waals surface area contributed by atoms with Crippen molar-refractivity contribution in [2.24, 2.45) is 10.2 Å². The van der Waals surface area contributed by atoms with Gasteiger partial charge in [0.1, 0.15) is 5.65 Å². The molecule has 0 saturated carbocycles. The monoisotopic (exact) mass is 475 g/mol. The zero-order chi connectivity index (χ0) is 24.8. The van der Waals surface area contributed by atoms with Gasteiger partial charge in [0.05, 0.1) is 21.7 Å². The summed E-state index contributed by atoms with van der Waals surface area (Å²) in [6.07, 6.45) is 0. The molecule has 4 aromatic carbocycles. The summed E-state index contributed by atoms with van der Waals surface area (Å²) in [5.41, 5.74) is 2.72. The molecule has 2 heterocycles. The maximum Gasteiger partial charge on any atom is 0.269 e. The highest BCUT2D eigenvalue weighted by atomic mass is 16.6. The van der Waals surface area contributed by atoms with Crippen LogP contribution in [0.15, 0.2) is 101 Å². The second kappa shape index (κ2) is 8.17. The number of aromatic amines is 1. The molecule has 0 aliphatic heterocycles. The summed E-state index contributed by atoms with van der Waals surface area (Å²) in [4.78, 5) is 27.4. The fourth-order valence-corrected chi connectivity index (χ4v) is 4.43. The lowest BCUT2D eigenvalue weighted by molar-refractivity contribution is -0.384. The van der Waals surface area contributed by atoms with E-state index in [1.807, 2.05) is 42.5 Å². The number of nitrogens with one attached hydrogen (secondary N) is 1. The molecule has 2 aromatic heterocycles. The van der Waals surface area contributed by atoms with Gasteiger partial charge in [-0.05, 0) is 29.7 Å². The van der Waals surface area contributed by atoms with Crippen molar-refractivity contribution in [1.82, 2.24) is 9.38 Å². The molecule has 0 saturated heterocycles. The van der Waals surface area contributed by atoms with E-state index in [1.165, 1.54) is 24.3 Å². The number of aromatic hydroxyl groups is 1. The van der Waals surface area contributed by atoms with Gasteiger partial charge < -0.3 is 10.1 Å². The Balaban J connectivity index is 1.63. The van der Waals surface area contributed by atoms with Gasteiger partial charge >= 0.3 is 0 Å². The smallest absolute Gasteiger partial charge is 0.269 e. The standard InChI is InChI=1S/C27H17N5O4/c33-25(17-6-2-1-3-7-17)23-24(30-29-18-12-14-19(15-13-18)32(35)36)27(34)31-21-11-5-9-16-8-4-10-20(22(16)21)28-26(23)31/h1-15,28,34H. The Morgan fingerprint density at radius 3 is 2.33 bits per heavy atom. The van der Waals surface area contributed by atoms with Crippen LogP contribution in [0, 0.1) is 10.1 Å². The number of hydrogen-bond acceptors (Lipinski definition) is 6. The highest BCUT2D eigenvalue weighted by Crippen LogP contribution is 2.41. The van der Waals surface area contributed by atoms with Crippen molar-refractivity contribution in [3.05, 3.63) is 112 Å². The average Bonchev–Trinajstić information content (AvgIpc) is 3.19. The van der Waals surface area contributed by atoms with E-state index in [0.717, 1.165) is 16.3 Å².